The number of esters is 2. The molecule has 1 N–H and O–H groups in total. The lowest BCUT2D eigenvalue weighted by Crippen LogP contribution is -2.54. The van der Waals surface area contributed by atoms with Crippen molar-refractivity contribution in [3.05, 3.63) is 75.5 Å². The fraction of sp³-hybridized carbons (Fsp3) is 0.407. The molecular formula is C27H32N2O7S. The van der Waals surface area contributed by atoms with Crippen molar-refractivity contribution in [1.82, 2.24) is 5.32 Å². The topological polar surface area (TPSA) is 117 Å². The molecule has 1 heterocycles. The lowest BCUT2D eigenvalue weighted by molar-refractivity contribution is -0.385. The normalized spacial score (nSPS) is 20.8. The first-order valence-corrected chi connectivity index (χ1v) is 13.0. The number of benzene rings is 2. The monoisotopic (exact) mass is 528 g/mol. The highest BCUT2D eigenvalue weighted by Crippen LogP contribution is 2.50. The number of rotatable bonds is 10. The fourth-order valence-electron chi connectivity index (χ4n) is 4.40. The van der Waals surface area contributed by atoms with Crippen molar-refractivity contribution >= 4 is 29.4 Å². The average molecular weight is 529 g/mol. The van der Waals surface area contributed by atoms with Crippen LogP contribution >= 0.6 is 11.8 Å². The van der Waals surface area contributed by atoms with Gasteiger partial charge in [0.05, 0.1) is 36.2 Å². The van der Waals surface area contributed by atoms with Crippen LogP contribution in [-0.4, -0.2) is 43.2 Å². The Morgan fingerprint density at radius 1 is 1.11 bits per heavy atom. The molecule has 198 valence electrons. The maximum Gasteiger partial charge on any atom is 0.336 e. The molecule has 0 amide bonds. The molecule has 1 aliphatic heterocycles. The van der Waals surface area contributed by atoms with E-state index in [-0.39, 0.29) is 24.5 Å². The van der Waals surface area contributed by atoms with Crippen molar-refractivity contribution in [3.8, 4) is 5.75 Å². The number of thioether (sulfide) groups is 1. The second-order valence-electron chi connectivity index (χ2n) is 8.76. The summed E-state index contributed by atoms with van der Waals surface area (Å²) in [6.07, 6.45) is 1.55. The summed E-state index contributed by atoms with van der Waals surface area (Å²) >= 11 is 1.47. The van der Waals surface area contributed by atoms with Crippen LogP contribution in [0.4, 0.5) is 5.69 Å². The van der Waals surface area contributed by atoms with E-state index in [0.717, 1.165) is 11.3 Å². The molecule has 2 aromatic rings. The zero-order valence-corrected chi connectivity index (χ0v) is 22.4. The maximum absolute atomic E-state index is 13.4. The van der Waals surface area contributed by atoms with E-state index in [1.807, 2.05) is 31.2 Å². The third kappa shape index (κ3) is 5.90. The van der Waals surface area contributed by atoms with Gasteiger partial charge in [0.15, 0.2) is 0 Å². The summed E-state index contributed by atoms with van der Waals surface area (Å²) in [7, 11) is 1.60. The summed E-state index contributed by atoms with van der Waals surface area (Å²) < 4.78 is 16.0. The lowest BCUT2D eigenvalue weighted by Gasteiger charge is -2.44. The van der Waals surface area contributed by atoms with Crippen LogP contribution in [0.2, 0.25) is 0 Å². The van der Waals surface area contributed by atoms with E-state index in [0.29, 0.717) is 16.2 Å². The van der Waals surface area contributed by atoms with E-state index < -0.39 is 34.2 Å². The minimum atomic E-state index is -1.25. The van der Waals surface area contributed by atoms with Crippen LogP contribution in [0, 0.1) is 15.5 Å². The Morgan fingerprint density at radius 3 is 2.38 bits per heavy atom. The van der Waals surface area contributed by atoms with Crippen molar-refractivity contribution in [3.63, 3.8) is 0 Å². The van der Waals surface area contributed by atoms with Gasteiger partial charge >= 0.3 is 11.9 Å². The molecule has 0 saturated heterocycles. The SMILES string of the molecule is CCOC(=O)C1=CNC(C)C(C)(C(=O)OCC)C1c1cc([N+](=O)[O-])ccc1SCc1ccc(OC)cc1. The summed E-state index contributed by atoms with van der Waals surface area (Å²) in [5.74, 6) is -0.653. The summed E-state index contributed by atoms with van der Waals surface area (Å²) in [4.78, 5) is 38.5. The van der Waals surface area contributed by atoms with Crippen molar-refractivity contribution in [2.45, 2.75) is 50.3 Å². The van der Waals surface area contributed by atoms with Crippen LogP contribution in [0.15, 0.2) is 59.1 Å². The Labute approximate surface area is 220 Å². The van der Waals surface area contributed by atoms with E-state index in [1.165, 1.54) is 23.9 Å². The highest BCUT2D eigenvalue weighted by atomic mass is 32.2. The van der Waals surface area contributed by atoms with Gasteiger partial charge in [0.1, 0.15) is 5.75 Å². The minimum Gasteiger partial charge on any atom is -0.497 e. The number of hydrogen-bond donors (Lipinski definition) is 1. The van der Waals surface area contributed by atoms with Crippen LogP contribution < -0.4 is 10.1 Å². The number of nitro benzene ring substituents is 1. The average Bonchev–Trinajstić information content (AvgIpc) is 2.89. The molecule has 37 heavy (non-hydrogen) atoms. The van der Waals surface area contributed by atoms with Gasteiger partial charge in [-0.05, 0) is 57.0 Å². The van der Waals surface area contributed by atoms with Crippen LogP contribution in [-0.2, 0) is 24.8 Å². The summed E-state index contributed by atoms with van der Waals surface area (Å²) in [6.45, 7) is 7.24. The first kappa shape index (κ1) is 28.0. The number of carbonyl (C=O) groups is 2. The number of non-ortho nitro benzene ring substituents is 1. The van der Waals surface area contributed by atoms with Gasteiger partial charge in [-0.15, -0.1) is 11.8 Å². The van der Waals surface area contributed by atoms with Crippen molar-refractivity contribution < 1.29 is 28.7 Å². The Kier molecular flexibility index (Phi) is 9.20. The number of ether oxygens (including phenoxy) is 3. The molecule has 0 fully saturated rings. The van der Waals surface area contributed by atoms with E-state index in [2.05, 4.69) is 5.32 Å². The standard InChI is InChI=1S/C27H32N2O7S/c1-6-35-25(30)22-15-28-17(3)27(4,26(31)36-7-2)24(22)21-14-19(29(32)33)10-13-23(21)37-16-18-8-11-20(34-5)12-9-18/h8-15,17,24,28H,6-7,16H2,1-5H3. The van der Waals surface area contributed by atoms with Crippen LogP contribution in [0.25, 0.3) is 0 Å². The molecule has 9 nitrogen and oxygen atoms in total. The zero-order valence-electron chi connectivity index (χ0n) is 21.6. The predicted octanol–water partition coefficient (Wildman–Crippen LogP) is 4.99. The smallest absolute Gasteiger partial charge is 0.336 e. The molecule has 3 rings (SSSR count). The van der Waals surface area contributed by atoms with Gasteiger partial charge in [-0.1, -0.05) is 12.1 Å². The summed E-state index contributed by atoms with van der Waals surface area (Å²) in [5, 5.41) is 14.9. The predicted molar refractivity (Wildman–Crippen MR) is 140 cm³/mol. The number of methoxy groups -OCH3 is 1. The van der Waals surface area contributed by atoms with Gasteiger partial charge in [0.2, 0.25) is 0 Å². The van der Waals surface area contributed by atoms with Gasteiger partial charge in [-0.3, -0.25) is 14.9 Å². The van der Waals surface area contributed by atoms with E-state index in [1.54, 1.807) is 40.1 Å². The number of nitrogens with one attached hydrogen (secondary N) is 1. The first-order chi connectivity index (χ1) is 17.7. The summed E-state index contributed by atoms with van der Waals surface area (Å²) in [6, 6.07) is 11.7. The lowest BCUT2D eigenvalue weighted by atomic mass is 9.64. The Balaban J connectivity index is 2.16. The van der Waals surface area contributed by atoms with Gasteiger partial charge in [-0.2, -0.15) is 0 Å². The zero-order chi connectivity index (χ0) is 27.2. The Bertz CT molecular complexity index is 1180. The molecule has 0 spiro atoms. The first-order valence-electron chi connectivity index (χ1n) is 12.0. The third-order valence-electron chi connectivity index (χ3n) is 6.59. The Morgan fingerprint density at radius 2 is 1.78 bits per heavy atom. The van der Waals surface area contributed by atoms with E-state index in [9.17, 15) is 19.7 Å². The number of nitro groups is 1. The largest absolute Gasteiger partial charge is 0.497 e. The van der Waals surface area contributed by atoms with Crippen LogP contribution in [0.3, 0.4) is 0 Å². The van der Waals surface area contributed by atoms with E-state index >= 15 is 0 Å². The number of carbonyl (C=O) groups excluding carboxylic acids is 2. The van der Waals surface area contributed by atoms with Gasteiger partial charge < -0.3 is 19.5 Å². The number of hydrogen-bond acceptors (Lipinski definition) is 9. The van der Waals surface area contributed by atoms with Crippen molar-refractivity contribution in [1.29, 1.82) is 0 Å². The van der Waals surface area contributed by atoms with Crippen molar-refractivity contribution in [2.24, 2.45) is 5.41 Å². The van der Waals surface area contributed by atoms with Gasteiger partial charge in [-0.25, -0.2) is 4.79 Å². The molecule has 3 atom stereocenters. The van der Waals surface area contributed by atoms with E-state index in [4.69, 9.17) is 14.2 Å². The molecule has 0 bridgehead atoms. The molecule has 0 radical (unpaired) electrons. The van der Waals surface area contributed by atoms with Crippen LogP contribution in [0.5, 0.6) is 5.75 Å². The fourth-order valence-corrected chi connectivity index (χ4v) is 5.42. The third-order valence-corrected chi connectivity index (χ3v) is 7.75. The van der Waals surface area contributed by atoms with Gasteiger partial charge in [0.25, 0.3) is 5.69 Å². The second kappa shape index (κ2) is 12.1. The highest BCUT2D eigenvalue weighted by Gasteiger charge is 2.53. The molecule has 2 aromatic carbocycles. The minimum absolute atomic E-state index is 0.135. The van der Waals surface area contributed by atoms with Gasteiger partial charge in [0, 0.05) is 40.9 Å². The molecule has 0 aromatic heterocycles. The molecular weight excluding hydrogens is 496 g/mol. The highest BCUT2D eigenvalue weighted by molar-refractivity contribution is 7.98. The second-order valence-corrected chi connectivity index (χ2v) is 9.78. The van der Waals surface area contributed by atoms with Crippen molar-refractivity contribution in [2.75, 3.05) is 20.3 Å². The quantitative estimate of drug-likeness (QED) is 0.197. The molecule has 10 heteroatoms. The molecule has 1 aliphatic rings. The molecule has 3 unspecified atom stereocenters. The molecule has 0 saturated carbocycles. The Hall–Kier alpha value is -3.53. The number of nitrogens with zero attached hydrogens (tertiary/aromatic N) is 1. The van der Waals surface area contributed by atoms with Crippen LogP contribution in [0.1, 0.15) is 44.7 Å². The maximum atomic E-state index is 13.4. The summed E-state index contributed by atoms with van der Waals surface area (Å²) in [5.41, 5.74) is 0.336. The molecule has 0 aliphatic carbocycles.